The molecule has 1 aromatic heterocycles. The number of ketones is 1. The number of carbonyl (C=O) groups is 1. The van der Waals surface area contributed by atoms with E-state index in [0.29, 0.717) is 12.1 Å². The van der Waals surface area contributed by atoms with Gasteiger partial charge in [0, 0.05) is 12.1 Å². The topological polar surface area (TPSA) is 20.9 Å². The molecule has 0 aliphatic heterocycles. The third kappa shape index (κ3) is 3.85. The van der Waals surface area contributed by atoms with Crippen molar-refractivity contribution in [3.8, 4) is 0 Å². The summed E-state index contributed by atoms with van der Waals surface area (Å²) < 4.78 is 1.92. The first-order chi connectivity index (χ1) is 5.70. The van der Waals surface area contributed by atoms with Gasteiger partial charge in [0.15, 0.2) is 24.7 Å². The van der Waals surface area contributed by atoms with Crippen LogP contribution in [0.15, 0.2) is 42.7 Å². The summed E-state index contributed by atoms with van der Waals surface area (Å²) in [6.07, 6.45) is 3.82. The van der Waals surface area contributed by atoms with Crippen molar-refractivity contribution >= 4 is 5.78 Å². The lowest BCUT2D eigenvalue weighted by Gasteiger charge is -1.95. The predicted octanol–water partition coefficient (Wildman–Crippen LogP) is -1.88. The van der Waals surface area contributed by atoms with Gasteiger partial charge in [0.1, 0.15) is 0 Å². The fourth-order valence-electron chi connectivity index (χ4n) is 0.871. The second-order valence-electron chi connectivity index (χ2n) is 2.71. The molecule has 0 radical (unpaired) electrons. The minimum absolute atomic E-state index is 0. The normalized spacial score (nSPS) is 8.69. The molecule has 0 N–H and O–H groups in total. The second kappa shape index (κ2) is 5.49. The molecule has 0 spiro atoms. The molecule has 3 heteroatoms. The van der Waals surface area contributed by atoms with Crippen LogP contribution in [-0.4, -0.2) is 5.78 Å². The van der Waals surface area contributed by atoms with Crippen molar-refractivity contribution in [2.45, 2.75) is 13.5 Å². The monoisotopic (exact) mass is 197 g/mol. The summed E-state index contributed by atoms with van der Waals surface area (Å²) in [6.45, 7) is 5.79. The number of hydrogen-bond acceptors (Lipinski definition) is 1. The number of allylic oxidation sites excluding steroid dienone is 1. The highest BCUT2D eigenvalue weighted by Crippen LogP contribution is 1.91. The molecular weight excluding hydrogens is 186 g/mol. The maximum Gasteiger partial charge on any atom is 0.176 e. The molecule has 0 unspecified atom stereocenters. The molecule has 0 fully saturated rings. The summed E-state index contributed by atoms with van der Waals surface area (Å²) in [5.74, 6) is 0.0475. The zero-order valence-corrected chi connectivity index (χ0v) is 8.29. The number of Topliss-reactive ketones (excluding diaryl/α,β-unsaturated/α-hetero) is 1. The summed E-state index contributed by atoms with van der Waals surface area (Å²) in [6, 6.07) is 5.79. The first-order valence-corrected chi connectivity index (χ1v) is 3.83. The molecule has 0 saturated heterocycles. The van der Waals surface area contributed by atoms with Gasteiger partial charge >= 0.3 is 0 Å². The Morgan fingerprint density at radius 3 is 2.31 bits per heavy atom. The van der Waals surface area contributed by atoms with Crippen LogP contribution < -0.4 is 17.0 Å². The van der Waals surface area contributed by atoms with E-state index in [0.717, 1.165) is 0 Å². The van der Waals surface area contributed by atoms with Gasteiger partial charge in [0.2, 0.25) is 0 Å². The second-order valence-corrected chi connectivity index (χ2v) is 2.71. The Kier molecular flexibility index (Phi) is 5.00. The summed E-state index contributed by atoms with van der Waals surface area (Å²) in [7, 11) is 0. The molecule has 1 rings (SSSR count). The minimum atomic E-state index is 0. The first kappa shape index (κ1) is 11.8. The first-order valence-electron chi connectivity index (χ1n) is 3.83. The van der Waals surface area contributed by atoms with Crippen LogP contribution in [0.25, 0.3) is 0 Å². The van der Waals surface area contributed by atoms with Crippen LogP contribution in [0.3, 0.4) is 0 Å². The van der Waals surface area contributed by atoms with E-state index in [1.807, 2.05) is 35.2 Å². The Hall–Kier alpha value is -1.15. The highest BCUT2D eigenvalue weighted by molar-refractivity contribution is 5.92. The van der Waals surface area contributed by atoms with Crippen molar-refractivity contribution in [2.75, 3.05) is 0 Å². The Morgan fingerprint density at radius 2 is 1.85 bits per heavy atom. The van der Waals surface area contributed by atoms with E-state index in [9.17, 15) is 4.79 Å². The lowest BCUT2D eigenvalue weighted by molar-refractivity contribution is -0.688. The third-order valence-electron chi connectivity index (χ3n) is 1.65. The van der Waals surface area contributed by atoms with Gasteiger partial charge in [-0.3, -0.25) is 4.79 Å². The van der Waals surface area contributed by atoms with Crippen LogP contribution in [0, 0.1) is 0 Å². The molecule has 0 saturated carbocycles. The van der Waals surface area contributed by atoms with E-state index >= 15 is 0 Å². The molecule has 0 amide bonds. The van der Waals surface area contributed by atoms with Crippen LogP contribution in [0.5, 0.6) is 0 Å². The number of hydrogen-bond donors (Lipinski definition) is 0. The fraction of sp³-hybridized carbons (Fsp3) is 0.200. The molecule has 0 aromatic carbocycles. The zero-order chi connectivity index (χ0) is 8.97. The molecule has 1 heterocycles. The van der Waals surface area contributed by atoms with Crippen molar-refractivity contribution in [2.24, 2.45) is 0 Å². The van der Waals surface area contributed by atoms with Crippen molar-refractivity contribution in [1.82, 2.24) is 0 Å². The van der Waals surface area contributed by atoms with Crippen molar-refractivity contribution < 1.29 is 21.8 Å². The van der Waals surface area contributed by atoms with Gasteiger partial charge < -0.3 is 12.4 Å². The van der Waals surface area contributed by atoms with Crippen LogP contribution >= 0.6 is 0 Å². The molecule has 2 nitrogen and oxygen atoms in total. The average Bonchev–Trinajstić information content (AvgIpc) is 2.06. The average molecular weight is 198 g/mol. The minimum Gasteiger partial charge on any atom is -1.00 e. The van der Waals surface area contributed by atoms with Crippen LogP contribution in [0.1, 0.15) is 6.92 Å². The Labute approximate surface area is 84.3 Å². The van der Waals surface area contributed by atoms with E-state index in [-0.39, 0.29) is 18.2 Å². The van der Waals surface area contributed by atoms with E-state index in [2.05, 4.69) is 6.58 Å². The van der Waals surface area contributed by atoms with Gasteiger partial charge in [0.05, 0.1) is 5.57 Å². The highest BCUT2D eigenvalue weighted by Gasteiger charge is 2.05. The fourth-order valence-corrected chi connectivity index (χ4v) is 0.871. The summed E-state index contributed by atoms with van der Waals surface area (Å²) in [5.41, 5.74) is 0.631. The SMILES string of the molecule is C=C(C[n+]1ccccc1)C(C)=O.[Cl-]. The maximum atomic E-state index is 10.8. The molecule has 13 heavy (non-hydrogen) atoms. The van der Waals surface area contributed by atoms with Crippen LogP contribution in [-0.2, 0) is 11.3 Å². The van der Waals surface area contributed by atoms with Gasteiger partial charge in [-0.15, -0.1) is 0 Å². The van der Waals surface area contributed by atoms with Crippen LogP contribution in [0.4, 0.5) is 0 Å². The van der Waals surface area contributed by atoms with E-state index in [1.54, 1.807) is 0 Å². The maximum absolute atomic E-state index is 10.8. The van der Waals surface area contributed by atoms with Gasteiger partial charge in [0.25, 0.3) is 0 Å². The number of halogens is 1. The lowest BCUT2D eigenvalue weighted by atomic mass is 10.2. The highest BCUT2D eigenvalue weighted by atomic mass is 35.5. The smallest absolute Gasteiger partial charge is 0.176 e. The molecule has 0 atom stereocenters. The van der Waals surface area contributed by atoms with Gasteiger partial charge in [-0.25, -0.2) is 4.57 Å². The summed E-state index contributed by atoms with van der Waals surface area (Å²) >= 11 is 0. The van der Waals surface area contributed by atoms with Gasteiger partial charge in [-0.2, -0.15) is 0 Å². The summed E-state index contributed by atoms with van der Waals surface area (Å²) in [4.78, 5) is 10.8. The van der Waals surface area contributed by atoms with Gasteiger partial charge in [-0.1, -0.05) is 12.6 Å². The van der Waals surface area contributed by atoms with Crippen molar-refractivity contribution in [3.63, 3.8) is 0 Å². The molecule has 70 valence electrons. The Balaban J connectivity index is 0.00000144. The Bertz CT molecular complexity index is 295. The number of aromatic nitrogens is 1. The molecule has 0 aliphatic carbocycles. The number of rotatable bonds is 3. The zero-order valence-electron chi connectivity index (χ0n) is 7.53. The van der Waals surface area contributed by atoms with Gasteiger partial charge in [-0.05, 0) is 6.92 Å². The molecular formula is C10H12ClNO. The van der Waals surface area contributed by atoms with E-state index in [1.165, 1.54) is 6.92 Å². The summed E-state index contributed by atoms with van der Waals surface area (Å²) in [5, 5.41) is 0. The largest absolute Gasteiger partial charge is 1.00 e. The number of nitrogens with zero attached hydrogens (tertiary/aromatic N) is 1. The number of pyridine rings is 1. The molecule has 0 aliphatic rings. The third-order valence-corrected chi connectivity index (χ3v) is 1.65. The lowest BCUT2D eigenvalue weighted by Crippen LogP contribution is -3.00. The standard InChI is InChI=1S/C10H12NO.ClH/c1-9(10(2)12)8-11-6-4-3-5-7-11;/h3-7H,1,8H2,2H3;1H/q+1;/p-1. The molecule has 0 bridgehead atoms. The predicted molar refractivity (Wildman–Crippen MR) is 46.5 cm³/mol. The number of carbonyl (C=O) groups excluding carboxylic acids is 1. The van der Waals surface area contributed by atoms with Crippen molar-refractivity contribution in [1.29, 1.82) is 0 Å². The Morgan fingerprint density at radius 1 is 1.31 bits per heavy atom. The van der Waals surface area contributed by atoms with Crippen LogP contribution in [0.2, 0.25) is 0 Å². The van der Waals surface area contributed by atoms with E-state index < -0.39 is 0 Å². The van der Waals surface area contributed by atoms with Crippen molar-refractivity contribution in [3.05, 3.63) is 42.7 Å². The van der Waals surface area contributed by atoms with E-state index in [4.69, 9.17) is 0 Å². The quantitative estimate of drug-likeness (QED) is 0.411. The molecule has 1 aromatic rings.